The van der Waals surface area contributed by atoms with Gasteiger partial charge in [-0.1, -0.05) is 45.7 Å². The maximum atomic E-state index is 13.0. The SMILES string of the molecule is CC(=O)O[C@H]1CC2C([C@H](OC(C)=O)C[C@@H]3[C@@H](Br)C(=O)[C@@H](Br)C[C@]23C)[C@@H]2CC[C@H](CCCC(=O)OC(C)C)[C@@]12C. The molecule has 0 heterocycles. The van der Waals surface area contributed by atoms with Crippen LogP contribution >= 0.6 is 31.9 Å². The standard InChI is InChI=1S/C30H44Br2O7/c1-15(2)37-25(35)9-7-8-18-10-11-19-26-20(13-24(30(18,19)6)39-17(4)34)29(5)14-22(31)28(36)27(32)21(29)12-23(26)38-16(3)33/h15,18-24,26-27H,7-14H2,1-6H3/t18-,19-,20?,21+,22-,23+,24-,26?,27+,29+,30+/m0/s1. The van der Waals surface area contributed by atoms with Gasteiger partial charge in [0.15, 0.2) is 5.78 Å². The molecule has 0 aliphatic heterocycles. The molecule has 4 rings (SSSR count). The molecule has 0 aromatic rings. The Morgan fingerprint density at radius 2 is 1.64 bits per heavy atom. The van der Waals surface area contributed by atoms with Crippen LogP contribution in [0.2, 0.25) is 0 Å². The van der Waals surface area contributed by atoms with Crippen molar-refractivity contribution in [3.63, 3.8) is 0 Å². The normalized spacial score (nSPS) is 43.2. The lowest BCUT2D eigenvalue weighted by atomic mass is 9.43. The minimum atomic E-state index is -0.318. The van der Waals surface area contributed by atoms with Gasteiger partial charge < -0.3 is 14.2 Å². The number of carbonyl (C=O) groups is 4. The maximum Gasteiger partial charge on any atom is 0.306 e. The summed E-state index contributed by atoms with van der Waals surface area (Å²) in [5.41, 5.74) is -0.474. The third kappa shape index (κ3) is 5.74. The number of carbonyl (C=O) groups excluding carboxylic acids is 4. The second-order valence-corrected chi connectivity index (χ2v) is 15.3. The van der Waals surface area contributed by atoms with Crippen molar-refractivity contribution in [2.24, 2.45) is 40.4 Å². The van der Waals surface area contributed by atoms with Crippen molar-refractivity contribution >= 4 is 55.6 Å². The van der Waals surface area contributed by atoms with E-state index in [0.29, 0.717) is 25.7 Å². The Hall–Kier alpha value is -0.960. The lowest BCUT2D eigenvalue weighted by molar-refractivity contribution is -0.216. The lowest BCUT2D eigenvalue weighted by Gasteiger charge is -2.64. The number of hydrogen-bond acceptors (Lipinski definition) is 7. The molecule has 220 valence electrons. The summed E-state index contributed by atoms with van der Waals surface area (Å²) in [6, 6.07) is 0. The monoisotopic (exact) mass is 674 g/mol. The first-order valence-corrected chi connectivity index (χ1v) is 16.4. The number of ether oxygens (including phenoxy) is 3. The number of rotatable bonds is 7. The number of alkyl halides is 2. The molecule has 7 nitrogen and oxygen atoms in total. The average molecular weight is 676 g/mol. The number of fused-ring (bicyclic) bond motifs is 5. The van der Waals surface area contributed by atoms with Gasteiger partial charge in [-0.3, -0.25) is 19.2 Å². The third-order valence-corrected chi connectivity index (χ3v) is 12.5. The zero-order valence-electron chi connectivity index (χ0n) is 24.0. The molecule has 0 N–H and O–H groups in total. The highest BCUT2D eigenvalue weighted by molar-refractivity contribution is 9.10. The summed E-state index contributed by atoms with van der Waals surface area (Å²) < 4.78 is 17.6. The summed E-state index contributed by atoms with van der Waals surface area (Å²) in [5.74, 6) is 0.158. The zero-order valence-corrected chi connectivity index (χ0v) is 27.2. The number of Topliss-reactive ketones (excluding diaryl/α,β-unsaturated/α-hetero) is 1. The number of hydrogen-bond donors (Lipinski definition) is 0. The van der Waals surface area contributed by atoms with Gasteiger partial charge in [0.1, 0.15) is 12.2 Å². The van der Waals surface area contributed by atoms with Crippen LogP contribution in [-0.2, 0) is 33.4 Å². The van der Waals surface area contributed by atoms with E-state index in [9.17, 15) is 19.2 Å². The van der Waals surface area contributed by atoms with Crippen molar-refractivity contribution in [3.8, 4) is 0 Å². The molecule has 0 amide bonds. The smallest absolute Gasteiger partial charge is 0.306 e. The van der Waals surface area contributed by atoms with Crippen LogP contribution in [0.4, 0.5) is 0 Å². The summed E-state index contributed by atoms with van der Waals surface area (Å²) in [7, 11) is 0. The van der Waals surface area contributed by atoms with Gasteiger partial charge in [0.05, 0.1) is 15.8 Å². The molecule has 2 unspecified atom stereocenters. The Balaban J connectivity index is 1.68. The van der Waals surface area contributed by atoms with Gasteiger partial charge in [0.2, 0.25) is 0 Å². The van der Waals surface area contributed by atoms with Crippen LogP contribution in [0.1, 0.15) is 92.9 Å². The molecular formula is C30H44Br2O7. The van der Waals surface area contributed by atoms with Gasteiger partial charge in [-0.2, -0.15) is 0 Å². The Labute approximate surface area is 249 Å². The summed E-state index contributed by atoms with van der Waals surface area (Å²) in [6.45, 7) is 11.2. The van der Waals surface area contributed by atoms with E-state index in [4.69, 9.17) is 14.2 Å². The summed E-state index contributed by atoms with van der Waals surface area (Å²) in [6.07, 6.45) is 5.26. The van der Waals surface area contributed by atoms with E-state index in [0.717, 1.165) is 25.7 Å². The quantitative estimate of drug-likeness (QED) is 0.181. The van der Waals surface area contributed by atoms with Gasteiger partial charge in [-0.05, 0) is 87.9 Å². The minimum absolute atomic E-state index is 0.0240. The molecule has 9 heteroatoms. The highest BCUT2D eigenvalue weighted by Crippen LogP contribution is 2.69. The van der Waals surface area contributed by atoms with Crippen LogP contribution in [-0.4, -0.2) is 51.7 Å². The fourth-order valence-electron chi connectivity index (χ4n) is 9.11. The Kier molecular flexibility index (Phi) is 9.32. The van der Waals surface area contributed by atoms with Crippen molar-refractivity contribution in [1.29, 1.82) is 0 Å². The first-order valence-electron chi connectivity index (χ1n) is 14.6. The van der Waals surface area contributed by atoms with E-state index in [2.05, 4.69) is 45.7 Å². The molecule has 0 spiro atoms. The van der Waals surface area contributed by atoms with Crippen molar-refractivity contribution in [1.82, 2.24) is 0 Å². The fourth-order valence-corrected chi connectivity index (χ4v) is 11.6. The number of halogens is 2. The van der Waals surface area contributed by atoms with Gasteiger partial charge in [0.25, 0.3) is 0 Å². The van der Waals surface area contributed by atoms with Crippen LogP contribution in [0.3, 0.4) is 0 Å². The highest BCUT2D eigenvalue weighted by Gasteiger charge is 2.68. The Bertz CT molecular complexity index is 984. The van der Waals surface area contributed by atoms with Crippen LogP contribution in [0.25, 0.3) is 0 Å². The van der Waals surface area contributed by atoms with Gasteiger partial charge in [-0.15, -0.1) is 0 Å². The average Bonchev–Trinajstić information content (AvgIpc) is 3.15. The highest BCUT2D eigenvalue weighted by atomic mass is 79.9. The van der Waals surface area contributed by atoms with Gasteiger partial charge in [0, 0.05) is 31.6 Å². The summed E-state index contributed by atoms with van der Waals surface area (Å²) >= 11 is 7.39. The minimum Gasteiger partial charge on any atom is -0.463 e. The first kappa shape index (κ1) is 31.0. The van der Waals surface area contributed by atoms with Crippen LogP contribution < -0.4 is 0 Å². The van der Waals surface area contributed by atoms with Crippen LogP contribution in [0.15, 0.2) is 0 Å². The fraction of sp³-hybridized carbons (Fsp3) is 0.867. The van der Waals surface area contributed by atoms with Crippen LogP contribution in [0, 0.1) is 40.4 Å². The van der Waals surface area contributed by atoms with E-state index >= 15 is 0 Å². The molecule has 11 atom stereocenters. The van der Waals surface area contributed by atoms with Crippen LogP contribution in [0.5, 0.6) is 0 Å². The summed E-state index contributed by atoms with van der Waals surface area (Å²) in [5, 5.41) is 0. The molecule has 39 heavy (non-hydrogen) atoms. The predicted octanol–water partition coefficient (Wildman–Crippen LogP) is 6.17. The zero-order chi connectivity index (χ0) is 28.9. The van der Waals surface area contributed by atoms with E-state index in [1.807, 2.05) is 13.8 Å². The molecular weight excluding hydrogens is 632 g/mol. The predicted molar refractivity (Wildman–Crippen MR) is 153 cm³/mol. The third-order valence-electron chi connectivity index (χ3n) is 10.7. The molecule has 0 bridgehead atoms. The largest absolute Gasteiger partial charge is 0.463 e. The molecule has 4 aliphatic rings. The Morgan fingerprint density at radius 3 is 2.26 bits per heavy atom. The van der Waals surface area contributed by atoms with Crippen molar-refractivity contribution in [3.05, 3.63) is 0 Å². The second kappa shape index (κ2) is 11.7. The molecule has 0 aromatic carbocycles. The second-order valence-electron chi connectivity index (χ2n) is 13.2. The van der Waals surface area contributed by atoms with Crippen molar-refractivity contribution < 1.29 is 33.4 Å². The van der Waals surface area contributed by atoms with Crippen molar-refractivity contribution in [2.75, 3.05) is 0 Å². The van der Waals surface area contributed by atoms with Crippen molar-refractivity contribution in [2.45, 2.75) is 121 Å². The number of ketones is 1. The maximum absolute atomic E-state index is 13.0. The first-order chi connectivity index (χ1) is 18.2. The Morgan fingerprint density at radius 1 is 0.974 bits per heavy atom. The lowest BCUT2D eigenvalue weighted by Crippen LogP contribution is -2.65. The van der Waals surface area contributed by atoms with E-state index in [1.165, 1.54) is 13.8 Å². The molecule has 0 saturated heterocycles. The van der Waals surface area contributed by atoms with Gasteiger partial charge >= 0.3 is 17.9 Å². The van der Waals surface area contributed by atoms with Gasteiger partial charge in [-0.25, -0.2) is 0 Å². The van der Waals surface area contributed by atoms with E-state index < -0.39 is 0 Å². The van der Waals surface area contributed by atoms with E-state index in [-0.39, 0.29) is 92.1 Å². The molecule has 0 radical (unpaired) electrons. The van der Waals surface area contributed by atoms with E-state index in [1.54, 1.807) is 0 Å². The molecule has 4 saturated carbocycles. The number of esters is 3. The molecule has 4 fully saturated rings. The molecule has 4 aliphatic carbocycles. The molecule has 0 aromatic heterocycles. The summed E-state index contributed by atoms with van der Waals surface area (Å²) in [4.78, 5) is 49.4. The topological polar surface area (TPSA) is 96.0 Å².